The second kappa shape index (κ2) is 13.1. The summed E-state index contributed by atoms with van der Waals surface area (Å²) in [5, 5.41) is 16.4. The van der Waals surface area contributed by atoms with E-state index in [0.717, 1.165) is 36.3 Å². The molecule has 166 valence electrons. The van der Waals surface area contributed by atoms with Gasteiger partial charge in [0, 0.05) is 32.6 Å². The van der Waals surface area contributed by atoms with Gasteiger partial charge in [0.2, 0.25) is 0 Å². The number of nitrogens with one attached hydrogen (secondary N) is 2. The van der Waals surface area contributed by atoms with Crippen molar-refractivity contribution in [2.24, 2.45) is 4.99 Å². The Morgan fingerprint density at radius 3 is 2.60 bits per heavy atom. The Morgan fingerprint density at radius 2 is 1.90 bits per heavy atom. The van der Waals surface area contributed by atoms with Gasteiger partial charge in [-0.05, 0) is 43.6 Å². The van der Waals surface area contributed by atoms with Gasteiger partial charge in [0.1, 0.15) is 11.6 Å². The number of thioether (sulfide) groups is 1. The quantitative estimate of drug-likeness (QED) is 0.162. The largest absolute Gasteiger partial charge is 0.356 e. The molecule has 1 aliphatic carbocycles. The standard InChI is InChI=1S/C21H31FN6S.HI/c1-23-20(25-15-13-16-8-3-6-11-18(16)22)24-14-7-12-19-26-27-21(29-2)28(19)17-9-4-5-10-17;/h3,6,8,11,17H,4-5,7,9-10,12-15H2,1-2H3,(H2,23,24,25);1H. The number of aromatic nitrogens is 3. The fraction of sp³-hybridized carbons (Fsp3) is 0.571. The van der Waals surface area contributed by atoms with Crippen molar-refractivity contribution in [3.8, 4) is 0 Å². The highest BCUT2D eigenvalue weighted by molar-refractivity contribution is 14.0. The minimum absolute atomic E-state index is 0. The number of hydrogen-bond acceptors (Lipinski definition) is 4. The highest BCUT2D eigenvalue weighted by atomic mass is 127. The average Bonchev–Trinajstić information content (AvgIpc) is 3.40. The number of nitrogens with zero attached hydrogens (tertiary/aromatic N) is 4. The molecule has 0 atom stereocenters. The maximum Gasteiger partial charge on any atom is 0.191 e. The zero-order chi connectivity index (χ0) is 20.5. The van der Waals surface area contributed by atoms with Crippen LogP contribution >= 0.6 is 35.7 Å². The predicted octanol–water partition coefficient (Wildman–Crippen LogP) is 4.21. The van der Waals surface area contributed by atoms with E-state index in [0.29, 0.717) is 24.6 Å². The monoisotopic (exact) mass is 546 g/mol. The van der Waals surface area contributed by atoms with Gasteiger partial charge < -0.3 is 15.2 Å². The number of rotatable bonds is 9. The lowest BCUT2D eigenvalue weighted by molar-refractivity contribution is 0.460. The molecule has 0 saturated heterocycles. The fourth-order valence-electron chi connectivity index (χ4n) is 3.84. The molecule has 3 rings (SSSR count). The van der Waals surface area contributed by atoms with Crippen molar-refractivity contribution < 1.29 is 4.39 Å². The molecule has 9 heteroatoms. The molecular weight excluding hydrogens is 514 g/mol. The molecule has 1 aromatic carbocycles. The minimum atomic E-state index is -0.159. The summed E-state index contributed by atoms with van der Waals surface area (Å²) in [6.45, 7) is 1.43. The van der Waals surface area contributed by atoms with Crippen molar-refractivity contribution in [2.75, 3.05) is 26.4 Å². The Hall–Kier alpha value is -1.36. The molecule has 0 amide bonds. The van der Waals surface area contributed by atoms with Crippen LogP contribution in [0.3, 0.4) is 0 Å². The molecule has 1 aliphatic rings. The number of hydrogen-bond donors (Lipinski definition) is 2. The number of benzene rings is 1. The first-order valence-corrected chi connectivity index (χ1v) is 11.6. The van der Waals surface area contributed by atoms with Crippen LogP contribution < -0.4 is 10.6 Å². The highest BCUT2D eigenvalue weighted by Gasteiger charge is 2.23. The van der Waals surface area contributed by atoms with Crippen LogP contribution in [0.5, 0.6) is 0 Å². The number of aryl methyl sites for hydroxylation is 1. The van der Waals surface area contributed by atoms with Gasteiger partial charge in [-0.15, -0.1) is 34.2 Å². The third kappa shape index (κ3) is 6.83. The lowest BCUT2D eigenvalue weighted by atomic mass is 10.1. The van der Waals surface area contributed by atoms with E-state index in [1.807, 2.05) is 12.1 Å². The molecule has 1 saturated carbocycles. The van der Waals surface area contributed by atoms with Crippen LogP contribution in [0.15, 0.2) is 34.4 Å². The summed E-state index contributed by atoms with van der Waals surface area (Å²) >= 11 is 1.68. The summed E-state index contributed by atoms with van der Waals surface area (Å²) in [4.78, 5) is 4.25. The molecule has 2 aromatic rings. The number of aliphatic imine (C=N–C) groups is 1. The van der Waals surface area contributed by atoms with E-state index in [-0.39, 0.29) is 29.8 Å². The average molecular weight is 546 g/mol. The summed E-state index contributed by atoms with van der Waals surface area (Å²) in [5.41, 5.74) is 0.714. The van der Waals surface area contributed by atoms with Crippen LogP contribution in [-0.4, -0.2) is 47.1 Å². The maximum atomic E-state index is 13.7. The summed E-state index contributed by atoms with van der Waals surface area (Å²) in [6.07, 6.45) is 9.59. The van der Waals surface area contributed by atoms with E-state index >= 15 is 0 Å². The van der Waals surface area contributed by atoms with E-state index < -0.39 is 0 Å². The van der Waals surface area contributed by atoms with Gasteiger partial charge in [0.25, 0.3) is 0 Å². The molecule has 0 unspecified atom stereocenters. The summed E-state index contributed by atoms with van der Waals surface area (Å²) in [5.74, 6) is 1.67. The number of halogens is 2. The van der Waals surface area contributed by atoms with Crippen LogP contribution in [0.2, 0.25) is 0 Å². The molecule has 0 bridgehead atoms. The van der Waals surface area contributed by atoms with E-state index in [4.69, 9.17) is 0 Å². The third-order valence-electron chi connectivity index (χ3n) is 5.35. The Labute approximate surface area is 199 Å². The Kier molecular flexibility index (Phi) is 10.9. The van der Waals surface area contributed by atoms with Gasteiger partial charge in [0.05, 0.1) is 0 Å². The molecule has 0 aliphatic heterocycles. The van der Waals surface area contributed by atoms with Crippen LogP contribution in [0.25, 0.3) is 0 Å². The first-order valence-electron chi connectivity index (χ1n) is 10.4. The SMILES string of the molecule is CN=C(NCCCc1nnc(SC)n1C1CCCC1)NCCc1ccccc1F.I. The molecule has 1 aromatic heterocycles. The topological polar surface area (TPSA) is 67.1 Å². The normalized spacial score (nSPS) is 14.6. The molecule has 0 spiro atoms. The van der Waals surface area contributed by atoms with E-state index in [2.05, 4.69) is 36.6 Å². The third-order valence-corrected chi connectivity index (χ3v) is 5.99. The van der Waals surface area contributed by atoms with E-state index in [1.54, 1.807) is 24.9 Å². The zero-order valence-corrected chi connectivity index (χ0v) is 20.9. The highest BCUT2D eigenvalue weighted by Crippen LogP contribution is 2.33. The summed E-state index contributed by atoms with van der Waals surface area (Å²) in [6, 6.07) is 7.44. The van der Waals surface area contributed by atoms with E-state index in [9.17, 15) is 4.39 Å². The van der Waals surface area contributed by atoms with Crippen LogP contribution in [0.1, 0.15) is 49.5 Å². The van der Waals surface area contributed by atoms with Gasteiger partial charge >= 0.3 is 0 Å². The van der Waals surface area contributed by atoms with Crippen LogP contribution in [0, 0.1) is 5.82 Å². The minimum Gasteiger partial charge on any atom is -0.356 e. The van der Waals surface area contributed by atoms with Gasteiger partial charge in [-0.3, -0.25) is 4.99 Å². The van der Waals surface area contributed by atoms with Gasteiger partial charge in [-0.2, -0.15) is 0 Å². The second-order valence-corrected chi connectivity index (χ2v) is 8.06. The van der Waals surface area contributed by atoms with Gasteiger partial charge in [0.15, 0.2) is 11.1 Å². The van der Waals surface area contributed by atoms with Crippen molar-refractivity contribution in [1.29, 1.82) is 0 Å². The predicted molar refractivity (Wildman–Crippen MR) is 133 cm³/mol. The van der Waals surface area contributed by atoms with Crippen molar-refractivity contribution in [3.63, 3.8) is 0 Å². The molecule has 6 nitrogen and oxygen atoms in total. The molecule has 1 heterocycles. The molecular formula is C21H32FIN6S. The van der Waals surface area contributed by atoms with Crippen LogP contribution in [0.4, 0.5) is 4.39 Å². The summed E-state index contributed by atoms with van der Waals surface area (Å²) < 4.78 is 16.0. The van der Waals surface area contributed by atoms with Crippen molar-refractivity contribution in [3.05, 3.63) is 41.5 Å². The Morgan fingerprint density at radius 1 is 1.17 bits per heavy atom. The summed E-state index contributed by atoms with van der Waals surface area (Å²) in [7, 11) is 1.75. The Balaban J connectivity index is 0.00000320. The van der Waals surface area contributed by atoms with Crippen molar-refractivity contribution >= 4 is 41.7 Å². The lowest BCUT2D eigenvalue weighted by Crippen LogP contribution is -2.39. The smallest absolute Gasteiger partial charge is 0.191 e. The zero-order valence-electron chi connectivity index (χ0n) is 17.7. The van der Waals surface area contributed by atoms with Crippen LogP contribution in [-0.2, 0) is 12.8 Å². The molecule has 1 fully saturated rings. The molecule has 2 N–H and O–H groups in total. The first-order chi connectivity index (χ1) is 14.2. The van der Waals surface area contributed by atoms with Gasteiger partial charge in [-0.25, -0.2) is 4.39 Å². The first kappa shape index (κ1) is 24.9. The number of guanidine groups is 1. The fourth-order valence-corrected chi connectivity index (χ4v) is 4.41. The van der Waals surface area contributed by atoms with Gasteiger partial charge in [-0.1, -0.05) is 42.8 Å². The van der Waals surface area contributed by atoms with Crippen molar-refractivity contribution in [2.45, 2.75) is 56.1 Å². The molecule has 0 radical (unpaired) electrons. The maximum absolute atomic E-state index is 13.7. The lowest BCUT2D eigenvalue weighted by Gasteiger charge is -2.16. The molecule has 30 heavy (non-hydrogen) atoms. The second-order valence-electron chi connectivity index (χ2n) is 7.28. The Bertz CT molecular complexity index is 807. The van der Waals surface area contributed by atoms with Crippen molar-refractivity contribution in [1.82, 2.24) is 25.4 Å². The van der Waals surface area contributed by atoms with E-state index in [1.165, 1.54) is 31.7 Å².